The van der Waals surface area contributed by atoms with Crippen LogP contribution in [0.3, 0.4) is 0 Å². The van der Waals surface area contributed by atoms with Crippen LogP contribution in [0.25, 0.3) is 0 Å². The van der Waals surface area contributed by atoms with Gasteiger partial charge in [-0.3, -0.25) is 4.79 Å². The van der Waals surface area contributed by atoms with Crippen molar-refractivity contribution in [2.45, 2.75) is 36.2 Å². The van der Waals surface area contributed by atoms with E-state index in [9.17, 15) is 4.79 Å². The molecule has 0 aliphatic carbocycles. The molecule has 0 bridgehead atoms. The molecule has 146 valence electrons. The van der Waals surface area contributed by atoms with Crippen molar-refractivity contribution in [2.75, 3.05) is 31.1 Å². The largest absolute Gasteiger partial charge is 0.462 e. The fraction of sp³-hybridized carbons (Fsp3) is 0.381. The maximum atomic E-state index is 9.60. The zero-order valence-corrected chi connectivity index (χ0v) is 17.6. The van der Waals surface area contributed by atoms with E-state index in [0.29, 0.717) is 6.47 Å². The lowest BCUT2D eigenvalue weighted by Gasteiger charge is -2.30. The first-order valence-corrected chi connectivity index (χ1v) is 10.2. The molecule has 0 unspecified atom stereocenters. The minimum absolute atomic E-state index is 0.318. The van der Waals surface area contributed by atoms with Gasteiger partial charge in [0.25, 0.3) is 6.47 Å². The van der Waals surface area contributed by atoms with Crippen LogP contribution in [0.5, 0.6) is 0 Å². The van der Waals surface area contributed by atoms with Gasteiger partial charge in [0.2, 0.25) is 0 Å². The van der Waals surface area contributed by atoms with E-state index in [4.69, 9.17) is 11.6 Å². The minimum atomic E-state index is -0.318. The Kier molecular flexibility index (Phi) is 8.48. The van der Waals surface area contributed by atoms with Gasteiger partial charge in [-0.15, -0.1) is 0 Å². The van der Waals surface area contributed by atoms with E-state index in [0.717, 1.165) is 31.2 Å². The van der Waals surface area contributed by atoms with E-state index in [1.807, 2.05) is 32.9 Å². The Morgan fingerprint density at radius 1 is 1.07 bits per heavy atom. The number of nitrogens with zero attached hydrogens (tertiary/aromatic N) is 1. The predicted octanol–water partition coefficient (Wildman–Crippen LogP) is 4.86. The number of hydrogen-bond acceptors (Lipinski definition) is 5. The number of nitrogens with one attached hydrogen (secondary N) is 1. The molecule has 1 N–H and O–H groups in total. The number of rotatable bonds is 4. The third kappa shape index (κ3) is 7.83. The summed E-state index contributed by atoms with van der Waals surface area (Å²) in [6.07, 6.45) is 0. The first-order valence-electron chi connectivity index (χ1n) is 8.98. The molecule has 0 amide bonds. The summed E-state index contributed by atoms with van der Waals surface area (Å²) in [5, 5.41) is 4.18. The quantitative estimate of drug-likeness (QED) is 0.734. The summed E-state index contributed by atoms with van der Waals surface area (Å²) in [4.78, 5) is 14.6. The molecule has 0 atom stereocenters. The van der Waals surface area contributed by atoms with Crippen LogP contribution < -0.4 is 10.2 Å². The number of carbonyl (C=O) groups is 1. The number of hydrogen-bond donors (Lipinski definition) is 1. The first-order chi connectivity index (χ1) is 12.9. The number of halogens is 1. The fourth-order valence-electron chi connectivity index (χ4n) is 2.48. The number of benzene rings is 2. The molecule has 0 radical (unpaired) electrons. The lowest BCUT2D eigenvalue weighted by molar-refractivity contribution is -0.138. The SMILES string of the molecule is CC(C)(C)OC=O.Clc1ccc(Sc2ccccc2N2CCNCC2)cc1. The first kappa shape index (κ1) is 21.6. The molecule has 4 nitrogen and oxygen atoms in total. The summed E-state index contributed by atoms with van der Waals surface area (Å²) in [6, 6.07) is 16.6. The van der Waals surface area contributed by atoms with Crippen molar-refractivity contribution in [3.05, 3.63) is 53.6 Å². The van der Waals surface area contributed by atoms with Crippen molar-refractivity contribution in [3.63, 3.8) is 0 Å². The van der Waals surface area contributed by atoms with Crippen LogP contribution in [-0.4, -0.2) is 38.3 Å². The van der Waals surface area contributed by atoms with Gasteiger partial charge in [0.05, 0.1) is 5.69 Å². The van der Waals surface area contributed by atoms with Crippen LogP contribution in [0.15, 0.2) is 58.3 Å². The van der Waals surface area contributed by atoms with Crippen molar-refractivity contribution in [2.24, 2.45) is 0 Å². The van der Waals surface area contributed by atoms with E-state index in [1.165, 1.54) is 15.5 Å². The fourth-order valence-corrected chi connectivity index (χ4v) is 3.58. The molecule has 2 aromatic rings. The summed E-state index contributed by atoms with van der Waals surface area (Å²) in [6.45, 7) is 10.2. The van der Waals surface area contributed by atoms with Crippen molar-refractivity contribution in [1.29, 1.82) is 0 Å². The number of anilines is 1. The molecule has 1 saturated heterocycles. The van der Waals surface area contributed by atoms with E-state index in [1.54, 1.807) is 11.8 Å². The maximum absolute atomic E-state index is 9.60. The highest BCUT2D eigenvalue weighted by Gasteiger charge is 2.14. The maximum Gasteiger partial charge on any atom is 0.293 e. The van der Waals surface area contributed by atoms with Gasteiger partial charge in [-0.05, 0) is 57.2 Å². The monoisotopic (exact) mass is 406 g/mol. The predicted molar refractivity (Wildman–Crippen MR) is 114 cm³/mol. The Labute approximate surface area is 171 Å². The van der Waals surface area contributed by atoms with Gasteiger partial charge in [0.1, 0.15) is 5.60 Å². The van der Waals surface area contributed by atoms with Crippen LogP contribution in [0.4, 0.5) is 5.69 Å². The smallest absolute Gasteiger partial charge is 0.293 e. The molecule has 2 aromatic carbocycles. The van der Waals surface area contributed by atoms with Gasteiger partial charge >= 0.3 is 0 Å². The van der Waals surface area contributed by atoms with E-state index >= 15 is 0 Å². The van der Waals surface area contributed by atoms with Crippen molar-refractivity contribution < 1.29 is 9.53 Å². The molecule has 27 heavy (non-hydrogen) atoms. The third-order valence-electron chi connectivity index (χ3n) is 3.77. The summed E-state index contributed by atoms with van der Waals surface area (Å²) in [5.41, 5.74) is 1.01. The van der Waals surface area contributed by atoms with Crippen molar-refractivity contribution in [1.82, 2.24) is 5.32 Å². The normalized spacial score (nSPS) is 14.1. The highest BCUT2D eigenvalue weighted by molar-refractivity contribution is 7.99. The molecule has 1 heterocycles. The van der Waals surface area contributed by atoms with Gasteiger partial charge in [-0.25, -0.2) is 0 Å². The highest BCUT2D eigenvalue weighted by Crippen LogP contribution is 2.35. The molecule has 3 rings (SSSR count). The summed E-state index contributed by atoms with van der Waals surface area (Å²) < 4.78 is 4.55. The Bertz CT molecular complexity index is 711. The molecule has 1 fully saturated rings. The molecular weight excluding hydrogens is 380 g/mol. The lowest BCUT2D eigenvalue weighted by atomic mass is 10.2. The summed E-state index contributed by atoms with van der Waals surface area (Å²) in [5.74, 6) is 0. The number of ether oxygens (including phenoxy) is 1. The van der Waals surface area contributed by atoms with Crippen molar-refractivity contribution >= 4 is 35.5 Å². The highest BCUT2D eigenvalue weighted by atomic mass is 35.5. The molecule has 0 aromatic heterocycles. The van der Waals surface area contributed by atoms with E-state index < -0.39 is 0 Å². The zero-order valence-electron chi connectivity index (χ0n) is 16.1. The Balaban J connectivity index is 0.000000321. The van der Waals surface area contributed by atoms with Crippen LogP contribution in [0, 0.1) is 0 Å². The zero-order chi connectivity index (χ0) is 19.7. The van der Waals surface area contributed by atoms with Crippen LogP contribution in [0.1, 0.15) is 20.8 Å². The summed E-state index contributed by atoms with van der Waals surface area (Å²) in [7, 11) is 0. The molecular formula is C21H27ClN2O2S. The Morgan fingerprint density at radius 3 is 2.26 bits per heavy atom. The molecule has 0 spiro atoms. The number of piperazine rings is 1. The van der Waals surface area contributed by atoms with Gasteiger partial charge in [0.15, 0.2) is 0 Å². The van der Waals surface area contributed by atoms with Crippen molar-refractivity contribution in [3.8, 4) is 0 Å². The Morgan fingerprint density at radius 2 is 1.70 bits per heavy atom. The van der Waals surface area contributed by atoms with Crippen LogP contribution in [-0.2, 0) is 9.53 Å². The summed E-state index contributed by atoms with van der Waals surface area (Å²) >= 11 is 7.74. The average molecular weight is 407 g/mol. The minimum Gasteiger partial charge on any atom is -0.462 e. The second kappa shape index (κ2) is 10.6. The second-order valence-corrected chi connectivity index (χ2v) is 8.64. The number of para-hydroxylation sites is 1. The Hall–Kier alpha value is -1.69. The van der Waals surface area contributed by atoms with E-state index in [-0.39, 0.29) is 5.60 Å². The van der Waals surface area contributed by atoms with E-state index in [2.05, 4.69) is 51.4 Å². The van der Waals surface area contributed by atoms with Crippen LogP contribution in [0.2, 0.25) is 5.02 Å². The molecule has 0 saturated carbocycles. The second-order valence-electron chi connectivity index (χ2n) is 7.09. The molecule has 6 heteroatoms. The van der Waals surface area contributed by atoms with Gasteiger partial charge in [0, 0.05) is 41.0 Å². The van der Waals surface area contributed by atoms with Gasteiger partial charge in [-0.2, -0.15) is 0 Å². The lowest BCUT2D eigenvalue weighted by Crippen LogP contribution is -2.43. The standard InChI is InChI=1S/C16H17ClN2S.C5H10O2/c17-13-5-7-14(8-6-13)20-16-4-2-1-3-15(16)19-11-9-18-10-12-19;1-5(2,3)7-4-6/h1-8,18H,9-12H2;4H,1-3H3. The number of carbonyl (C=O) groups excluding carboxylic acids is 1. The van der Waals surface area contributed by atoms with Gasteiger partial charge in [-0.1, -0.05) is 35.5 Å². The van der Waals surface area contributed by atoms with Gasteiger partial charge < -0.3 is 15.0 Å². The molecule has 1 aliphatic heterocycles. The topological polar surface area (TPSA) is 41.6 Å². The van der Waals surface area contributed by atoms with Crippen LogP contribution >= 0.6 is 23.4 Å². The molecule has 1 aliphatic rings. The average Bonchev–Trinajstić information content (AvgIpc) is 2.64. The third-order valence-corrected chi connectivity index (χ3v) is 5.09.